The van der Waals surface area contributed by atoms with E-state index >= 15 is 0 Å². The first-order valence-corrected chi connectivity index (χ1v) is 6.12. The van der Waals surface area contributed by atoms with E-state index in [9.17, 15) is 18.0 Å². The van der Waals surface area contributed by atoms with Gasteiger partial charge in [0.15, 0.2) is 6.29 Å². The van der Waals surface area contributed by atoms with Gasteiger partial charge in [0.25, 0.3) is 0 Å². The molecule has 0 heterocycles. The summed E-state index contributed by atoms with van der Waals surface area (Å²) in [6.07, 6.45) is -3.75. The van der Waals surface area contributed by atoms with Crippen LogP contribution >= 0.6 is 15.9 Å². The van der Waals surface area contributed by atoms with E-state index in [1.807, 2.05) is 0 Å². The van der Waals surface area contributed by atoms with Crippen molar-refractivity contribution in [1.29, 1.82) is 0 Å². The minimum Gasteiger partial charge on any atom is -0.359 e. The quantitative estimate of drug-likeness (QED) is 0.779. The highest BCUT2D eigenvalue weighted by atomic mass is 79.9. The molecule has 0 saturated carbocycles. The van der Waals surface area contributed by atoms with Gasteiger partial charge in [-0.3, -0.25) is 4.79 Å². The normalized spacial score (nSPS) is 11.7. The van der Waals surface area contributed by atoms with Gasteiger partial charge < -0.3 is 4.90 Å². The van der Waals surface area contributed by atoms with Gasteiger partial charge in [-0.25, -0.2) is 0 Å². The van der Waals surface area contributed by atoms with E-state index in [4.69, 9.17) is 0 Å². The first kappa shape index (κ1) is 15.0. The van der Waals surface area contributed by atoms with Crippen molar-refractivity contribution in [3.8, 4) is 0 Å². The SMILES string of the molecule is CC(C)N(CC(F)(F)F)c1cc(Br)ccc1C=O. The number of benzene rings is 1. The summed E-state index contributed by atoms with van der Waals surface area (Å²) in [5.74, 6) is 0. The molecule has 0 unspecified atom stereocenters. The fraction of sp³-hybridized carbons (Fsp3) is 0.417. The number of rotatable bonds is 4. The van der Waals surface area contributed by atoms with Crippen LogP contribution in [0, 0.1) is 0 Å². The zero-order chi connectivity index (χ0) is 13.9. The van der Waals surface area contributed by atoms with Crippen LogP contribution in [-0.4, -0.2) is 25.0 Å². The fourth-order valence-electron chi connectivity index (χ4n) is 1.60. The average Bonchev–Trinajstić information content (AvgIpc) is 2.24. The number of carbonyl (C=O) groups is 1. The molecular weight excluding hydrogens is 311 g/mol. The second-order valence-corrected chi connectivity index (χ2v) is 5.07. The number of alkyl halides is 3. The predicted molar refractivity (Wildman–Crippen MR) is 68.1 cm³/mol. The summed E-state index contributed by atoms with van der Waals surface area (Å²) in [5, 5.41) is 0. The van der Waals surface area contributed by atoms with Gasteiger partial charge in [0.05, 0.1) is 0 Å². The standard InChI is InChI=1S/C12H13BrF3NO/c1-8(2)17(7-12(14,15)16)11-5-10(13)4-3-9(11)6-18/h3-6,8H,7H2,1-2H3. The Bertz CT molecular complexity index is 432. The molecule has 0 aliphatic heterocycles. The molecule has 0 aromatic heterocycles. The summed E-state index contributed by atoms with van der Waals surface area (Å²) < 4.78 is 38.3. The van der Waals surface area contributed by atoms with Crippen LogP contribution in [0.1, 0.15) is 24.2 Å². The van der Waals surface area contributed by atoms with E-state index in [0.29, 0.717) is 10.8 Å². The number of hydrogen-bond acceptors (Lipinski definition) is 2. The van der Waals surface area contributed by atoms with Crippen molar-refractivity contribution in [1.82, 2.24) is 0 Å². The van der Waals surface area contributed by atoms with Crippen LogP contribution in [0.2, 0.25) is 0 Å². The zero-order valence-electron chi connectivity index (χ0n) is 9.96. The molecule has 0 saturated heterocycles. The zero-order valence-corrected chi connectivity index (χ0v) is 11.5. The smallest absolute Gasteiger partial charge is 0.359 e. The number of anilines is 1. The highest BCUT2D eigenvalue weighted by Gasteiger charge is 2.32. The van der Waals surface area contributed by atoms with Crippen LogP contribution in [0.25, 0.3) is 0 Å². The maximum atomic E-state index is 12.5. The molecule has 18 heavy (non-hydrogen) atoms. The van der Waals surface area contributed by atoms with Crippen LogP contribution in [0.4, 0.5) is 18.9 Å². The van der Waals surface area contributed by atoms with E-state index < -0.39 is 12.7 Å². The van der Waals surface area contributed by atoms with Crippen molar-refractivity contribution < 1.29 is 18.0 Å². The molecule has 6 heteroatoms. The Morgan fingerprint density at radius 1 is 1.39 bits per heavy atom. The maximum Gasteiger partial charge on any atom is 0.405 e. The molecule has 0 amide bonds. The van der Waals surface area contributed by atoms with Gasteiger partial charge in [-0.2, -0.15) is 13.2 Å². The molecule has 0 aliphatic rings. The predicted octanol–water partition coefficient (Wildman–Crippen LogP) is 4.04. The van der Waals surface area contributed by atoms with Crippen LogP contribution in [0.15, 0.2) is 22.7 Å². The highest BCUT2D eigenvalue weighted by molar-refractivity contribution is 9.10. The molecule has 0 radical (unpaired) electrons. The monoisotopic (exact) mass is 323 g/mol. The summed E-state index contributed by atoms with van der Waals surface area (Å²) in [4.78, 5) is 12.1. The molecule has 0 spiro atoms. The fourth-order valence-corrected chi connectivity index (χ4v) is 1.95. The van der Waals surface area contributed by atoms with E-state index in [-0.39, 0.29) is 17.3 Å². The topological polar surface area (TPSA) is 20.3 Å². The van der Waals surface area contributed by atoms with Crippen molar-refractivity contribution in [2.75, 3.05) is 11.4 Å². The molecule has 0 fully saturated rings. The minimum absolute atomic E-state index is 0.246. The second-order valence-electron chi connectivity index (χ2n) is 4.16. The Labute approximate surface area is 112 Å². The van der Waals surface area contributed by atoms with Crippen LogP contribution < -0.4 is 4.90 Å². The summed E-state index contributed by atoms with van der Waals surface area (Å²) in [6, 6.07) is 4.28. The molecule has 0 bridgehead atoms. The molecule has 1 rings (SSSR count). The van der Waals surface area contributed by atoms with Gasteiger partial charge in [-0.15, -0.1) is 0 Å². The number of nitrogens with zero attached hydrogens (tertiary/aromatic N) is 1. The molecule has 0 atom stereocenters. The Balaban J connectivity index is 3.20. The number of hydrogen-bond donors (Lipinski definition) is 0. The number of carbonyl (C=O) groups excluding carboxylic acids is 1. The van der Waals surface area contributed by atoms with Crippen molar-refractivity contribution in [2.45, 2.75) is 26.1 Å². The lowest BCUT2D eigenvalue weighted by atomic mass is 10.1. The van der Waals surface area contributed by atoms with Gasteiger partial charge in [0.2, 0.25) is 0 Å². The van der Waals surface area contributed by atoms with Gasteiger partial charge in [-0.05, 0) is 32.0 Å². The summed E-state index contributed by atoms with van der Waals surface area (Å²) in [5.41, 5.74) is 0.530. The van der Waals surface area contributed by atoms with Gasteiger partial charge in [0, 0.05) is 21.8 Å². The van der Waals surface area contributed by atoms with Crippen molar-refractivity contribution in [3.05, 3.63) is 28.2 Å². The largest absolute Gasteiger partial charge is 0.405 e. The third-order valence-corrected chi connectivity index (χ3v) is 2.90. The second kappa shape index (κ2) is 5.73. The summed E-state index contributed by atoms with van der Waals surface area (Å²) >= 11 is 3.20. The highest BCUT2D eigenvalue weighted by Crippen LogP contribution is 2.29. The van der Waals surface area contributed by atoms with E-state index in [0.717, 1.165) is 4.90 Å². The van der Waals surface area contributed by atoms with Crippen LogP contribution in [0.3, 0.4) is 0 Å². The summed E-state index contributed by atoms with van der Waals surface area (Å²) in [7, 11) is 0. The van der Waals surface area contributed by atoms with Crippen LogP contribution in [0.5, 0.6) is 0 Å². The average molecular weight is 324 g/mol. The Morgan fingerprint density at radius 3 is 2.44 bits per heavy atom. The first-order chi connectivity index (χ1) is 8.24. The van der Waals surface area contributed by atoms with Crippen LogP contribution in [-0.2, 0) is 0 Å². The van der Waals surface area contributed by atoms with E-state index in [1.54, 1.807) is 19.9 Å². The number of halogens is 4. The summed E-state index contributed by atoms with van der Waals surface area (Å²) in [6.45, 7) is 2.23. The lowest BCUT2D eigenvalue weighted by Gasteiger charge is -2.31. The minimum atomic E-state index is -4.31. The third-order valence-electron chi connectivity index (χ3n) is 2.40. The van der Waals surface area contributed by atoms with Crippen molar-refractivity contribution >= 4 is 27.9 Å². The van der Waals surface area contributed by atoms with Crippen molar-refractivity contribution in [2.24, 2.45) is 0 Å². The lowest BCUT2D eigenvalue weighted by Crippen LogP contribution is -2.39. The van der Waals surface area contributed by atoms with E-state index in [2.05, 4.69) is 15.9 Å². The van der Waals surface area contributed by atoms with Gasteiger partial charge in [0.1, 0.15) is 6.54 Å². The maximum absolute atomic E-state index is 12.5. The molecule has 0 N–H and O–H groups in total. The van der Waals surface area contributed by atoms with Crippen molar-refractivity contribution in [3.63, 3.8) is 0 Å². The lowest BCUT2D eigenvalue weighted by molar-refractivity contribution is -0.120. The number of aldehydes is 1. The molecule has 100 valence electrons. The van der Waals surface area contributed by atoms with E-state index in [1.165, 1.54) is 12.1 Å². The Kier molecular flexibility index (Phi) is 4.78. The third kappa shape index (κ3) is 4.01. The molecule has 2 nitrogen and oxygen atoms in total. The van der Waals surface area contributed by atoms with Gasteiger partial charge >= 0.3 is 6.18 Å². The Hall–Kier alpha value is -1.04. The molecular formula is C12H13BrF3NO. The Morgan fingerprint density at radius 2 is 2.00 bits per heavy atom. The molecule has 1 aromatic rings. The first-order valence-electron chi connectivity index (χ1n) is 5.32. The molecule has 0 aliphatic carbocycles. The van der Waals surface area contributed by atoms with Gasteiger partial charge in [-0.1, -0.05) is 15.9 Å². The molecule has 1 aromatic carbocycles.